The van der Waals surface area contributed by atoms with Crippen molar-refractivity contribution >= 4 is 27.2 Å². The van der Waals surface area contributed by atoms with Crippen LogP contribution in [0.4, 0.5) is 19.0 Å². The number of H-pyrrole nitrogens is 1. The van der Waals surface area contributed by atoms with Gasteiger partial charge < -0.3 is 5.21 Å². The minimum Gasteiger partial charge on any atom is -0.711 e. The van der Waals surface area contributed by atoms with Gasteiger partial charge in [-0.15, -0.1) is 11.3 Å². The van der Waals surface area contributed by atoms with Gasteiger partial charge >= 0.3 is 6.18 Å². The first kappa shape index (κ1) is 22.2. The Kier molecular flexibility index (Phi) is 5.68. The van der Waals surface area contributed by atoms with Gasteiger partial charge in [-0.1, -0.05) is 0 Å². The number of piperazine rings is 1. The lowest BCUT2D eigenvalue weighted by Gasteiger charge is -2.31. The molecule has 1 aliphatic heterocycles. The van der Waals surface area contributed by atoms with Crippen molar-refractivity contribution in [2.75, 3.05) is 31.1 Å². The Morgan fingerprint density at radius 1 is 1.06 bits per heavy atom. The highest BCUT2D eigenvalue weighted by molar-refractivity contribution is 7.91. The molecule has 0 saturated carbocycles. The van der Waals surface area contributed by atoms with Gasteiger partial charge in [0.15, 0.2) is 0 Å². The van der Waals surface area contributed by atoms with E-state index < -0.39 is 21.8 Å². The van der Waals surface area contributed by atoms with Gasteiger partial charge in [-0.3, -0.25) is 9.69 Å². The maximum absolute atomic E-state index is 13.0. The number of hydrogen-bond donors (Lipinski definition) is 1. The molecule has 4 rings (SSSR count). The minimum atomic E-state index is -4.62. The SMILES string of the molecule is O=c1ccc(-c2ccc(S(=O)(=O)N3CCN(c4ccc(C(F)(F)F)c[n+]4[O-])CC3)s2)n[nH]1. The van der Waals surface area contributed by atoms with Crippen molar-refractivity contribution < 1.29 is 26.3 Å². The average Bonchev–Trinajstić information content (AvgIpc) is 3.25. The number of anilines is 1. The first-order valence-corrected chi connectivity index (χ1v) is 11.5. The van der Waals surface area contributed by atoms with Crippen LogP contribution >= 0.6 is 11.3 Å². The molecular formula is C18H16F3N5O4S2. The fourth-order valence-electron chi connectivity index (χ4n) is 3.25. The van der Waals surface area contributed by atoms with Crippen molar-refractivity contribution in [3.05, 3.63) is 63.7 Å². The van der Waals surface area contributed by atoms with Gasteiger partial charge in [0.1, 0.15) is 16.1 Å². The number of aromatic amines is 1. The van der Waals surface area contributed by atoms with Gasteiger partial charge in [0, 0.05) is 12.1 Å². The van der Waals surface area contributed by atoms with E-state index in [2.05, 4.69) is 10.2 Å². The summed E-state index contributed by atoms with van der Waals surface area (Å²) in [6, 6.07) is 7.74. The number of sulfonamides is 1. The van der Waals surface area contributed by atoms with E-state index in [1.165, 1.54) is 22.5 Å². The molecule has 0 radical (unpaired) electrons. The number of pyridine rings is 1. The van der Waals surface area contributed by atoms with Gasteiger partial charge in [0.05, 0.1) is 36.6 Å². The molecule has 4 heterocycles. The molecule has 0 atom stereocenters. The van der Waals surface area contributed by atoms with Gasteiger partial charge in [-0.25, -0.2) is 18.2 Å². The first-order chi connectivity index (χ1) is 15.1. The summed E-state index contributed by atoms with van der Waals surface area (Å²) in [5.74, 6) is 0.0256. The Labute approximate surface area is 184 Å². The minimum absolute atomic E-state index is 0.0256. The Balaban J connectivity index is 1.47. The van der Waals surface area contributed by atoms with Crippen LogP contribution in [-0.4, -0.2) is 49.1 Å². The van der Waals surface area contributed by atoms with Crippen LogP contribution in [-0.2, 0) is 16.2 Å². The van der Waals surface area contributed by atoms with Crippen LogP contribution in [0.3, 0.4) is 0 Å². The summed E-state index contributed by atoms with van der Waals surface area (Å²) < 4.78 is 65.8. The highest BCUT2D eigenvalue weighted by Gasteiger charge is 2.35. The van der Waals surface area contributed by atoms with Crippen molar-refractivity contribution in [1.82, 2.24) is 14.5 Å². The van der Waals surface area contributed by atoms with Crippen LogP contribution in [0.2, 0.25) is 0 Å². The molecule has 0 aliphatic carbocycles. The summed E-state index contributed by atoms with van der Waals surface area (Å²) in [6.07, 6.45) is -4.15. The number of thiophene rings is 1. The highest BCUT2D eigenvalue weighted by Crippen LogP contribution is 2.32. The number of alkyl halides is 3. The molecule has 9 nitrogen and oxygen atoms in total. The number of hydrogen-bond acceptors (Lipinski definition) is 7. The van der Waals surface area contributed by atoms with Crippen LogP contribution < -0.4 is 15.2 Å². The quantitative estimate of drug-likeness (QED) is 0.442. The van der Waals surface area contributed by atoms with E-state index in [0.29, 0.717) is 16.8 Å². The second kappa shape index (κ2) is 8.18. The first-order valence-electron chi connectivity index (χ1n) is 9.27. The van der Waals surface area contributed by atoms with Crippen LogP contribution in [0.25, 0.3) is 10.6 Å². The van der Waals surface area contributed by atoms with E-state index in [4.69, 9.17) is 0 Å². The molecule has 0 aromatic carbocycles. The van der Waals surface area contributed by atoms with Gasteiger partial charge in [-0.2, -0.15) is 22.6 Å². The lowest BCUT2D eigenvalue weighted by Crippen LogP contribution is -2.51. The lowest BCUT2D eigenvalue weighted by atomic mass is 10.2. The van der Waals surface area contributed by atoms with Crippen molar-refractivity contribution in [2.45, 2.75) is 10.4 Å². The largest absolute Gasteiger partial charge is 0.711 e. The lowest BCUT2D eigenvalue weighted by molar-refractivity contribution is -0.593. The molecule has 170 valence electrons. The Hall–Kier alpha value is -2.97. The molecule has 0 unspecified atom stereocenters. The monoisotopic (exact) mass is 487 g/mol. The molecule has 1 N–H and O–H groups in total. The molecule has 1 saturated heterocycles. The van der Waals surface area contributed by atoms with E-state index in [0.717, 1.165) is 23.5 Å². The number of aromatic nitrogens is 3. The molecule has 14 heteroatoms. The molecule has 3 aromatic heterocycles. The van der Waals surface area contributed by atoms with Crippen LogP contribution in [0, 0.1) is 5.21 Å². The van der Waals surface area contributed by atoms with Crippen molar-refractivity contribution in [3.63, 3.8) is 0 Å². The topological polar surface area (TPSA) is 113 Å². The molecule has 3 aromatic rings. The molecule has 0 spiro atoms. The van der Waals surface area contributed by atoms with Crippen LogP contribution in [0.1, 0.15) is 5.56 Å². The van der Waals surface area contributed by atoms with E-state index in [1.807, 2.05) is 0 Å². The Morgan fingerprint density at radius 2 is 1.78 bits per heavy atom. The average molecular weight is 487 g/mol. The van der Waals surface area contributed by atoms with Gasteiger partial charge in [0.2, 0.25) is 0 Å². The molecule has 1 aliphatic rings. The van der Waals surface area contributed by atoms with E-state index in [-0.39, 0.29) is 46.5 Å². The third-order valence-electron chi connectivity index (χ3n) is 4.89. The summed E-state index contributed by atoms with van der Waals surface area (Å²) in [6.45, 7) is 0.417. The summed E-state index contributed by atoms with van der Waals surface area (Å²) in [5.41, 5.74) is -0.991. The van der Waals surface area contributed by atoms with Crippen molar-refractivity contribution in [1.29, 1.82) is 0 Å². The summed E-state index contributed by atoms with van der Waals surface area (Å²) >= 11 is 1.01. The van der Waals surface area contributed by atoms with Crippen LogP contribution in [0.5, 0.6) is 0 Å². The van der Waals surface area contributed by atoms with Crippen molar-refractivity contribution in [3.8, 4) is 10.6 Å². The molecule has 1 fully saturated rings. The molecule has 0 amide bonds. The van der Waals surface area contributed by atoms with Crippen molar-refractivity contribution in [2.24, 2.45) is 0 Å². The maximum Gasteiger partial charge on any atom is 0.419 e. The Bertz CT molecular complexity index is 1280. The normalized spacial score (nSPS) is 15.8. The number of halogens is 3. The summed E-state index contributed by atoms with van der Waals surface area (Å²) in [5, 5.41) is 18.2. The Morgan fingerprint density at radius 3 is 2.38 bits per heavy atom. The van der Waals surface area contributed by atoms with E-state index >= 15 is 0 Å². The smallest absolute Gasteiger partial charge is 0.419 e. The third kappa shape index (κ3) is 4.33. The van der Waals surface area contributed by atoms with E-state index in [9.17, 15) is 31.6 Å². The highest BCUT2D eigenvalue weighted by atomic mass is 32.2. The van der Waals surface area contributed by atoms with E-state index in [1.54, 1.807) is 11.0 Å². The third-order valence-corrected chi connectivity index (χ3v) is 8.36. The number of nitrogens with zero attached hydrogens (tertiary/aromatic N) is 4. The molecular weight excluding hydrogens is 471 g/mol. The number of rotatable bonds is 4. The standard InChI is InChI=1S/C18H16F3N5O4S2/c19-18(20,21)12-1-5-16(26(28)11-12)24-7-9-25(10-8-24)32(29,30)17-6-3-14(31-17)13-2-4-15(27)23-22-13/h1-6,11H,7-10H2,(H,23,27). The fourth-order valence-corrected chi connectivity index (χ4v) is 6.10. The van der Waals surface area contributed by atoms with Crippen LogP contribution in [0.15, 0.2) is 51.6 Å². The maximum atomic E-state index is 13.0. The van der Waals surface area contributed by atoms with Gasteiger partial charge in [0.25, 0.3) is 21.4 Å². The second-order valence-corrected chi connectivity index (χ2v) is 10.2. The fraction of sp³-hybridized carbons (Fsp3) is 0.278. The van der Waals surface area contributed by atoms with Gasteiger partial charge in [-0.05, 0) is 24.3 Å². The zero-order valence-electron chi connectivity index (χ0n) is 16.2. The zero-order valence-corrected chi connectivity index (χ0v) is 17.9. The predicted octanol–water partition coefficient (Wildman–Crippen LogP) is 1.66. The zero-order chi connectivity index (χ0) is 23.1. The second-order valence-electron chi connectivity index (χ2n) is 6.92. The predicted molar refractivity (Wildman–Crippen MR) is 110 cm³/mol. The summed E-state index contributed by atoms with van der Waals surface area (Å²) in [7, 11) is -3.81. The summed E-state index contributed by atoms with van der Waals surface area (Å²) in [4.78, 5) is 13.3. The molecule has 0 bridgehead atoms. The molecule has 32 heavy (non-hydrogen) atoms. The number of nitrogens with one attached hydrogen (secondary N) is 1.